The number of thioether (sulfide) groups is 1. The first-order valence-corrected chi connectivity index (χ1v) is 7.11. The van der Waals surface area contributed by atoms with Gasteiger partial charge in [0.1, 0.15) is 0 Å². The van der Waals surface area contributed by atoms with Crippen LogP contribution in [0.3, 0.4) is 0 Å². The van der Waals surface area contributed by atoms with Gasteiger partial charge in [-0.1, -0.05) is 23.4 Å². The summed E-state index contributed by atoms with van der Waals surface area (Å²) in [7, 11) is 0. The minimum Gasteiger partial charge on any atom is -0.397 e. The molecule has 1 heterocycles. The highest BCUT2D eigenvalue weighted by Crippen LogP contribution is 2.24. The van der Waals surface area contributed by atoms with Crippen LogP contribution >= 0.6 is 23.4 Å². The monoisotopic (exact) mass is 308 g/mol. The Labute approximate surface area is 126 Å². The van der Waals surface area contributed by atoms with E-state index in [1.54, 1.807) is 43.6 Å². The highest BCUT2D eigenvalue weighted by Gasteiger charge is 2.16. The predicted molar refractivity (Wildman–Crippen MR) is 81.8 cm³/mol. The molecule has 3 N–H and O–H groups in total. The second-order valence-electron chi connectivity index (χ2n) is 4.02. The summed E-state index contributed by atoms with van der Waals surface area (Å²) in [6, 6.07) is 6.69. The van der Waals surface area contributed by atoms with Gasteiger partial charge in [0.2, 0.25) is 5.91 Å². The van der Waals surface area contributed by atoms with E-state index < -0.39 is 0 Å². The number of hydrogen-bond acceptors (Lipinski definition) is 5. The maximum atomic E-state index is 12.1. The maximum absolute atomic E-state index is 12.1. The first kappa shape index (κ1) is 14.6. The maximum Gasteiger partial charge on any atom is 0.237 e. The largest absolute Gasteiger partial charge is 0.397 e. The summed E-state index contributed by atoms with van der Waals surface area (Å²) in [5.74, 6) is -0.149. The smallest absolute Gasteiger partial charge is 0.237 e. The second-order valence-corrected chi connectivity index (χ2v) is 5.73. The number of halogens is 1. The first-order valence-electron chi connectivity index (χ1n) is 5.86. The molecule has 0 saturated carbocycles. The third-order valence-electron chi connectivity index (χ3n) is 2.46. The van der Waals surface area contributed by atoms with Crippen LogP contribution < -0.4 is 11.1 Å². The molecule has 2 aromatic rings. The molecule has 5 nitrogen and oxygen atoms in total. The van der Waals surface area contributed by atoms with Crippen LogP contribution in [0.2, 0.25) is 5.02 Å². The first-order chi connectivity index (χ1) is 9.56. The average molecular weight is 309 g/mol. The SMILES string of the molecule is CC(Sc1ncccn1)C(=O)Nc1ccc(Cl)c(N)c1. The number of anilines is 2. The van der Waals surface area contributed by atoms with E-state index in [2.05, 4.69) is 15.3 Å². The zero-order valence-electron chi connectivity index (χ0n) is 10.7. The van der Waals surface area contributed by atoms with Crippen LogP contribution in [0.5, 0.6) is 0 Å². The molecule has 0 aliphatic heterocycles. The molecular formula is C13H13ClN4OS. The lowest BCUT2D eigenvalue weighted by Crippen LogP contribution is -2.22. The average Bonchev–Trinajstić information content (AvgIpc) is 2.44. The van der Waals surface area contributed by atoms with Gasteiger partial charge in [-0.25, -0.2) is 9.97 Å². The molecule has 0 aliphatic rings. The molecule has 1 amide bonds. The predicted octanol–water partition coefficient (Wildman–Crippen LogP) is 2.83. The third kappa shape index (κ3) is 3.85. The number of nitrogens with one attached hydrogen (secondary N) is 1. The molecule has 2 rings (SSSR count). The fourth-order valence-electron chi connectivity index (χ4n) is 1.42. The molecule has 0 bridgehead atoms. The molecule has 0 fully saturated rings. The molecule has 0 saturated heterocycles. The molecule has 0 aliphatic carbocycles. The van der Waals surface area contributed by atoms with Crippen molar-refractivity contribution >= 4 is 40.6 Å². The van der Waals surface area contributed by atoms with Gasteiger partial charge in [0.15, 0.2) is 5.16 Å². The van der Waals surface area contributed by atoms with Gasteiger partial charge in [0.25, 0.3) is 0 Å². The van der Waals surface area contributed by atoms with Crippen molar-refractivity contribution in [1.82, 2.24) is 9.97 Å². The fraction of sp³-hybridized carbons (Fsp3) is 0.154. The summed E-state index contributed by atoms with van der Waals surface area (Å²) in [6.45, 7) is 1.79. The minimum atomic E-state index is -0.325. The summed E-state index contributed by atoms with van der Waals surface area (Å²) in [6.07, 6.45) is 3.28. The number of hydrogen-bond donors (Lipinski definition) is 2. The van der Waals surface area contributed by atoms with Gasteiger partial charge in [-0.3, -0.25) is 4.79 Å². The van der Waals surface area contributed by atoms with Crippen LogP contribution in [-0.2, 0) is 4.79 Å². The van der Waals surface area contributed by atoms with Gasteiger partial charge in [-0.2, -0.15) is 0 Å². The Morgan fingerprint density at radius 2 is 2.10 bits per heavy atom. The van der Waals surface area contributed by atoms with Crippen molar-refractivity contribution in [3.63, 3.8) is 0 Å². The van der Waals surface area contributed by atoms with Crippen LogP contribution in [0, 0.1) is 0 Å². The fourth-order valence-corrected chi connectivity index (χ4v) is 2.27. The van der Waals surface area contributed by atoms with Crippen LogP contribution in [-0.4, -0.2) is 21.1 Å². The van der Waals surface area contributed by atoms with Crippen molar-refractivity contribution in [3.8, 4) is 0 Å². The third-order valence-corrected chi connectivity index (χ3v) is 3.79. The molecule has 20 heavy (non-hydrogen) atoms. The van der Waals surface area contributed by atoms with Crippen LogP contribution in [0.15, 0.2) is 41.8 Å². The Morgan fingerprint density at radius 1 is 1.40 bits per heavy atom. The zero-order chi connectivity index (χ0) is 14.5. The topological polar surface area (TPSA) is 80.9 Å². The van der Waals surface area contributed by atoms with Gasteiger partial charge in [0, 0.05) is 18.1 Å². The van der Waals surface area contributed by atoms with E-state index in [1.165, 1.54) is 11.8 Å². The van der Waals surface area contributed by atoms with E-state index in [9.17, 15) is 4.79 Å². The zero-order valence-corrected chi connectivity index (χ0v) is 12.3. The van der Waals surface area contributed by atoms with Crippen molar-refractivity contribution in [2.75, 3.05) is 11.1 Å². The van der Waals surface area contributed by atoms with Gasteiger partial charge >= 0.3 is 0 Å². The van der Waals surface area contributed by atoms with Crippen molar-refractivity contribution in [2.45, 2.75) is 17.3 Å². The molecular weight excluding hydrogens is 296 g/mol. The van der Waals surface area contributed by atoms with E-state index in [1.807, 2.05) is 0 Å². The van der Waals surface area contributed by atoms with Crippen LogP contribution in [0.4, 0.5) is 11.4 Å². The highest BCUT2D eigenvalue weighted by molar-refractivity contribution is 8.00. The molecule has 104 valence electrons. The summed E-state index contributed by atoms with van der Waals surface area (Å²) in [5.41, 5.74) is 6.72. The number of nitrogen functional groups attached to an aromatic ring is 1. The summed E-state index contributed by atoms with van der Waals surface area (Å²) in [5, 5.41) is 3.47. The van der Waals surface area contributed by atoms with Crippen molar-refractivity contribution in [3.05, 3.63) is 41.7 Å². The van der Waals surface area contributed by atoms with E-state index in [4.69, 9.17) is 17.3 Å². The second kappa shape index (κ2) is 6.58. The van der Waals surface area contributed by atoms with Crippen molar-refractivity contribution in [1.29, 1.82) is 0 Å². The quantitative estimate of drug-likeness (QED) is 0.516. The Morgan fingerprint density at radius 3 is 2.75 bits per heavy atom. The van der Waals surface area contributed by atoms with E-state index in [0.717, 1.165) is 0 Å². The van der Waals surface area contributed by atoms with Gasteiger partial charge in [-0.15, -0.1) is 0 Å². The lowest BCUT2D eigenvalue weighted by Gasteiger charge is -2.11. The molecule has 0 spiro atoms. The minimum absolute atomic E-state index is 0.149. The number of nitrogens with two attached hydrogens (primary N) is 1. The number of carbonyl (C=O) groups excluding carboxylic acids is 1. The molecule has 1 aromatic carbocycles. The Bertz CT molecular complexity index is 609. The lowest BCUT2D eigenvalue weighted by atomic mass is 10.2. The number of aromatic nitrogens is 2. The normalized spacial score (nSPS) is 11.9. The molecule has 1 atom stereocenters. The summed E-state index contributed by atoms with van der Waals surface area (Å²) >= 11 is 7.12. The number of benzene rings is 1. The molecule has 7 heteroatoms. The molecule has 1 aromatic heterocycles. The van der Waals surface area contributed by atoms with Crippen LogP contribution in [0.1, 0.15) is 6.92 Å². The number of carbonyl (C=O) groups is 1. The van der Waals surface area contributed by atoms with Crippen LogP contribution in [0.25, 0.3) is 0 Å². The van der Waals surface area contributed by atoms with Gasteiger partial charge in [0.05, 0.1) is 16.0 Å². The Hall–Kier alpha value is -1.79. The van der Waals surface area contributed by atoms with E-state index in [-0.39, 0.29) is 11.2 Å². The number of rotatable bonds is 4. The standard InChI is InChI=1S/C13H13ClN4OS/c1-8(20-13-16-5-2-6-17-13)12(19)18-9-3-4-10(14)11(15)7-9/h2-8H,15H2,1H3,(H,18,19). The Balaban J connectivity index is 1.99. The lowest BCUT2D eigenvalue weighted by molar-refractivity contribution is -0.115. The van der Waals surface area contributed by atoms with E-state index in [0.29, 0.717) is 21.6 Å². The summed E-state index contributed by atoms with van der Waals surface area (Å²) in [4.78, 5) is 20.2. The molecule has 1 unspecified atom stereocenters. The Kier molecular flexibility index (Phi) is 4.81. The highest BCUT2D eigenvalue weighted by atomic mass is 35.5. The molecule has 0 radical (unpaired) electrons. The van der Waals surface area contributed by atoms with Crippen molar-refractivity contribution < 1.29 is 4.79 Å². The van der Waals surface area contributed by atoms with Crippen molar-refractivity contribution in [2.24, 2.45) is 0 Å². The number of amides is 1. The summed E-state index contributed by atoms with van der Waals surface area (Å²) < 4.78 is 0. The van der Waals surface area contributed by atoms with Gasteiger partial charge < -0.3 is 11.1 Å². The number of nitrogens with zero attached hydrogens (tertiary/aromatic N) is 2. The van der Waals surface area contributed by atoms with E-state index >= 15 is 0 Å². The van der Waals surface area contributed by atoms with Gasteiger partial charge in [-0.05, 0) is 31.2 Å².